The molecule has 0 unspecified atom stereocenters. The number of nitrogen functional groups attached to an aromatic ring is 1. The standard InChI is InChI=1S/C22H25N7O2.ClH/c1-22(2,13-31-16-5-3-4-14-6-9-26-19(23)18(14)16)28-20(30)15-7-8-25-17(12-15)29-11-10-27-21(29)24;/h3-5,7-8,10-12H,6,9,13H2,1-2H3,(H5,23,24,26,27,28,30);1H. The van der Waals surface area contributed by atoms with Gasteiger partial charge in [0.2, 0.25) is 5.82 Å². The van der Waals surface area contributed by atoms with E-state index in [1.165, 1.54) is 0 Å². The number of anilines is 1. The number of nitrogens with one attached hydrogen (secondary N) is 2. The number of imidazole rings is 1. The number of pyridine rings is 1. The van der Waals surface area contributed by atoms with Crippen LogP contribution >= 0.6 is 0 Å². The molecule has 0 saturated carbocycles. The quantitative estimate of drug-likeness (QED) is 0.323. The summed E-state index contributed by atoms with van der Waals surface area (Å²) >= 11 is 0. The number of hydrogen-bond donors (Lipinski definition) is 4. The van der Waals surface area contributed by atoms with E-state index in [0.717, 1.165) is 17.5 Å². The van der Waals surface area contributed by atoms with E-state index in [4.69, 9.17) is 16.2 Å². The van der Waals surface area contributed by atoms with Gasteiger partial charge in [0.15, 0.2) is 0 Å². The average Bonchev–Trinajstić information content (AvgIpc) is 3.18. The van der Waals surface area contributed by atoms with Crippen molar-refractivity contribution in [3.05, 3.63) is 65.6 Å². The number of carbonyl (C=O) groups is 1. The molecule has 9 nitrogen and oxygen atoms in total. The Balaban J connectivity index is 0.00000289. The lowest BCUT2D eigenvalue weighted by atomic mass is 10.00. The smallest absolute Gasteiger partial charge is 0.316 e. The molecular formula is C22H26ClN7O2. The molecule has 10 heteroatoms. The van der Waals surface area contributed by atoms with E-state index < -0.39 is 5.54 Å². The normalized spacial score (nSPS) is 12.9. The van der Waals surface area contributed by atoms with Gasteiger partial charge in [-0.05, 0) is 38.0 Å². The Morgan fingerprint density at radius 3 is 2.88 bits per heavy atom. The van der Waals surface area contributed by atoms with Gasteiger partial charge in [0, 0.05) is 18.2 Å². The van der Waals surface area contributed by atoms with Crippen molar-refractivity contribution in [2.45, 2.75) is 25.8 Å². The van der Waals surface area contributed by atoms with Gasteiger partial charge < -0.3 is 33.9 Å². The predicted octanol–water partition coefficient (Wildman–Crippen LogP) is -1.88. The summed E-state index contributed by atoms with van der Waals surface area (Å²) in [5.74, 6) is 1.90. The zero-order valence-electron chi connectivity index (χ0n) is 17.9. The van der Waals surface area contributed by atoms with Crippen molar-refractivity contribution in [2.75, 3.05) is 18.9 Å². The average molecular weight is 456 g/mol. The van der Waals surface area contributed by atoms with E-state index in [1.54, 1.807) is 35.3 Å². The van der Waals surface area contributed by atoms with Gasteiger partial charge in [0.05, 0.1) is 29.7 Å². The number of rotatable bonds is 6. The summed E-state index contributed by atoms with van der Waals surface area (Å²) in [4.78, 5) is 24.4. The lowest BCUT2D eigenvalue weighted by Gasteiger charge is -2.27. The van der Waals surface area contributed by atoms with Crippen LogP contribution in [0.1, 0.15) is 35.3 Å². The number of fused-ring (bicyclic) bond motifs is 1. The number of aromatic nitrogens is 3. The fraction of sp³-hybridized carbons (Fsp3) is 0.273. The summed E-state index contributed by atoms with van der Waals surface area (Å²) in [5, 5.41) is 3.02. The van der Waals surface area contributed by atoms with Crippen LogP contribution in [0.3, 0.4) is 0 Å². The maximum absolute atomic E-state index is 12.9. The van der Waals surface area contributed by atoms with Crippen LogP contribution in [0, 0.1) is 0 Å². The molecule has 1 amide bonds. The fourth-order valence-electron chi connectivity index (χ4n) is 3.48. The summed E-state index contributed by atoms with van der Waals surface area (Å²) in [5.41, 5.74) is 13.8. The number of aromatic amines is 1. The summed E-state index contributed by atoms with van der Waals surface area (Å²) in [6, 6.07) is 9.19. The SMILES string of the molecule is CC(C)(COc1cccc2c1C(N)=NCC2)NC(=O)c1ccnc(-[n+]2cc[nH]c2N)c1.[Cl-]. The summed E-state index contributed by atoms with van der Waals surface area (Å²) in [6.45, 7) is 4.75. The fourth-order valence-corrected chi connectivity index (χ4v) is 3.48. The molecule has 0 spiro atoms. The molecule has 4 rings (SSSR count). The second kappa shape index (κ2) is 9.27. The number of benzene rings is 1. The molecule has 2 aromatic heterocycles. The predicted molar refractivity (Wildman–Crippen MR) is 117 cm³/mol. The van der Waals surface area contributed by atoms with E-state index in [-0.39, 0.29) is 24.9 Å². The van der Waals surface area contributed by atoms with Crippen LogP contribution in [-0.2, 0) is 6.42 Å². The molecule has 1 aromatic carbocycles. The number of amides is 1. The first kappa shape index (κ1) is 23.1. The van der Waals surface area contributed by atoms with Crippen molar-refractivity contribution in [3.8, 4) is 11.6 Å². The number of nitrogens with two attached hydrogens (primary N) is 2. The van der Waals surface area contributed by atoms with Crippen LogP contribution in [0.5, 0.6) is 5.75 Å². The van der Waals surface area contributed by atoms with Gasteiger partial charge in [0.25, 0.3) is 5.91 Å². The second-order valence-corrected chi connectivity index (χ2v) is 8.05. The van der Waals surface area contributed by atoms with Gasteiger partial charge >= 0.3 is 5.95 Å². The molecule has 0 atom stereocenters. The van der Waals surface area contributed by atoms with E-state index in [9.17, 15) is 4.79 Å². The van der Waals surface area contributed by atoms with E-state index in [2.05, 4.69) is 20.3 Å². The molecule has 1 aliphatic heterocycles. The zero-order valence-corrected chi connectivity index (χ0v) is 18.7. The molecule has 0 radical (unpaired) electrons. The topological polar surface area (TPSA) is 135 Å². The van der Waals surface area contributed by atoms with Gasteiger partial charge in [-0.3, -0.25) is 14.8 Å². The number of carbonyl (C=O) groups excluding carboxylic acids is 1. The van der Waals surface area contributed by atoms with Crippen LogP contribution in [-0.4, -0.2) is 40.4 Å². The zero-order chi connectivity index (χ0) is 22.0. The number of amidine groups is 1. The molecule has 0 bridgehead atoms. The van der Waals surface area contributed by atoms with E-state index in [0.29, 0.717) is 35.5 Å². The first-order chi connectivity index (χ1) is 14.8. The third kappa shape index (κ3) is 4.83. The Morgan fingerprint density at radius 1 is 1.31 bits per heavy atom. The van der Waals surface area contributed by atoms with Crippen LogP contribution in [0.4, 0.5) is 5.95 Å². The molecular weight excluding hydrogens is 430 g/mol. The Hall–Kier alpha value is -3.59. The first-order valence-electron chi connectivity index (χ1n) is 10.0. The molecule has 3 aromatic rings. The third-order valence-electron chi connectivity index (χ3n) is 5.04. The molecule has 32 heavy (non-hydrogen) atoms. The summed E-state index contributed by atoms with van der Waals surface area (Å²) in [6.07, 6.45) is 5.85. The van der Waals surface area contributed by atoms with Crippen molar-refractivity contribution in [3.63, 3.8) is 0 Å². The van der Waals surface area contributed by atoms with Gasteiger partial charge in [-0.1, -0.05) is 12.1 Å². The number of ether oxygens (including phenoxy) is 1. The lowest BCUT2D eigenvalue weighted by Crippen LogP contribution is -3.00. The van der Waals surface area contributed by atoms with Crippen LogP contribution in [0.2, 0.25) is 0 Å². The molecule has 3 heterocycles. The Kier molecular flexibility index (Phi) is 6.69. The van der Waals surface area contributed by atoms with Gasteiger partial charge in [-0.2, -0.15) is 4.57 Å². The highest BCUT2D eigenvalue weighted by Gasteiger charge is 2.25. The van der Waals surface area contributed by atoms with E-state index in [1.807, 2.05) is 32.0 Å². The Bertz CT molecular complexity index is 1160. The second-order valence-electron chi connectivity index (χ2n) is 8.05. The monoisotopic (exact) mass is 455 g/mol. The van der Waals surface area contributed by atoms with Gasteiger partial charge in [-0.15, -0.1) is 4.98 Å². The molecule has 6 N–H and O–H groups in total. The van der Waals surface area contributed by atoms with Crippen LogP contribution in [0.25, 0.3) is 5.82 Å². The van der Waals surface area contributed by atoms with Crippen molar-refractivity contribution >= 4 is 17.7 Å². The Morgan fingerprint density at radius 2 is 2.12 bits per heavy atom. The van der Waals surface area contributed by atoms with E-state index >= 15 is 0 Å². The Labute approximate surface area is 192 Å². The number of aliphatic imine (C=N–C) groups is 1. The van der Waals surface area contributed by atoms with Crippen molar-refractivity contribution in [2.24, 2.45) is 10.7 Å². The molecule has 0 saturated heterocycles. The molecule has 1 aliphatic rings. The van der Waals surface area contributed by atoms with Gasteiger partial charge in [0.1, 0.15) is 18.2 Å². The van der Waals surface area contributed by atoms with Crippen molar-refractivity contribution < 1.29 is 26.5 Å². The maximum atomic E-state index is 12.9. The van der Waals surface area contributed by atoms with Crippen molar-refractivity contribution in [1.29, 1.82) is 0 Å². The molecule has 0 aliphatic carbocycles. The van der Waals surface area contributed by atoms with Crippen LogP contribution < -0.4 is 38.5 Å². The first-order valence-corrected chi connectivity index (χ1v) is 10.0. The van der Waals surface area contributed by atoms with Crippen LogP contribution in [0.15, 0.2) is 53.9 Å². The largest absolute Gasteiger partial charge is 1.00 e. The highest BCUT2D eigenvalue weighted by atomic mass is 35.5. The highest BCUT2D eigenvalue weighted by Crippen LogP contribution is 2.26. The highest BCUT2D eigenvalue weighted by molar-refractivity contribution is 6.02. The summed E-state index contributed by atoms with van der Waals surface area (Å²) in [7, 11) is 0. The number of halogens is 1. The summed E-state index contributed by atoms with van der Waals surface area (Å²) < 4.78 is 7.72. The molecule has 168 valence electrons. The minimum atomic E-state index is -0.635. The molecule has 0 fully saturated rings. The minimum Gasteiger partial charge on any atom is -1.00 e. The number of H-pyrrole nitrogens is 1. The number of hydrogen-bond acceptors (Lipinski definition) is 6. The minimum absolute atomic E-state index is 0. The van der Waals surface area contributed by atoms with Gasteiger partial charge in [-0.25, -0.2) is 0 Å². The third-order valence-corrected chi connectivity index (χ3v) is 5.04. The maximum Gasteiger partial charge on any atom is 0.316 e. The lowest BCUT2D eigenvalue weighted by molar-refractivity contribution is -0.582. The van der Waals surface area contributed by atoms with Crippen molar-refractivity contribution in [1.82, 2.24) is 15.3 Å². The number of nitrogens with zero attached hydrogens (tertiary/aromatic N) is 3.